The molecular weight excluding hydrogens is 360 g/mol. The van der Waals surface area contributed by atoms with Crippen molar-refractivity contribution in [2.24, 2.45) is 10.9 Å². The van der Waals surface area contributed by atoms with E-state index in [1.54, 1.807) is 4.90 Å². The van der Waals surface area contributed by atoms with Gasteiger partial charge in [0.2, 0.25) is 0 Å². The molecule has 2 fully saturated rings. The number of hydrogen-bond acceptors (Lipinski definition) is 7. The zero-order valence-corrected chi connectivity index (χ0v) is 17.6. The van der Waals surface area contributed by atoms with Gasteiger partial charge in [0.25, 0.3) is 0 Å². The molecule has 0 aromatic rings. The highest BCUT2D eigenvalue weighted by Crippen LogP contribution is 2.18. The number of fused-ring (bicyclic) bond motifs is 1. The molecule has 0 bridgehead atoms. The Morgan fingerprint density at radius 3 is 2.82 bits per heavy atom. The van der Waals surface area contributed by atoms with Crippen molar-refractivity contribution in [3.8, 4) is 0 Å². The third kappa shape index (κ3) is 6.24. The Morgan fingerprint density at radius 2 is 2.07 bits per heavy atom. The van der Waals surface area contributed by atoms with E-state index in [1.165, 1.54) is 0 Å². The molecule has 2 saturated heterocycles. The summed E-state index contributed by atoms with van der Waals surface area (Å²) in [6, 6.07) is 0.244. The summed E-state index contributed by atoms with van der Waals surface area (Å²) in [5.41, 5.74) is -0.458. The predicted molar refractivity (Wildman–Crippen MR) is 108 cm³/mol. The topological polar surface area (TPSA) is 75.6 Å². The molecule has 28 heavy (non-hydrogen) atoms. The molecule has 0 radical (unpaired) electrons. The van der Waals surface area contributed by atoms with Crippen molar-refractivity contribution in [1.82, 2.24) is 15.1 Å². The molecule has 3 rings (SSSR count). The van der Waals surface area contributed by atoms with Gasteiger partial charge in [-0.05, 0) is 46.0 Å². The van der Waals surface area contributed by atoms with Crippen LogP contribution in [0.5, 0.6) is 0 Å². The number of guanidine groups is 1. The van der Waals surface area contributed by atoms with E-state index in [0.29, 0.717) is 19.0 Å². The summed E-state index contributed by atoms with van der Waals surface area (Å²) in [5, 5.41) is 3.44. The van der Waals surface area contributed by atoms with Gasteiger partial charge in [-0.15, -0.1) is 0 Å². The molecule has 1 atom stereocenters. The lowest BCUT2D eigenvalue weighted by Gasteiger charge is -2.39. The fourth-order valence-corrected chi connectivity index (χ4v) is 3.76. The average molecular weight is 397 g/mol. The van der Waals surface area contributed by atoms with E-state index >= 15 is 0 Å². The summed E-state index contributed by atoms with van der Waals surface area (Å²) >= 11 is 0. The lowest BCUT2D eigenvalue weighted by molar-refractivity contribution is 0.0137. The van der Waals surface area contributed by atoms with Crippen LogP contribution in [0.25, 0.3) is 0 Å². The Balaban J connectivity index is 1.30. The zero-order chi connectivity index (χ0) is 20.0. The Labute approximate surface area is 168 Å². The molecule has 0 aliphatic carbocycles. The van der Waals surface area contributed by atoms with Crippen LogP contribution in [0.4, 0.5) is 4.79 Å². The highest BCUT2D eigenvalue weighted by atomic mass is 16.6. The van der Waals surface area contributed by atoms with Gasteiger partial charge in [-0.3, -0.25) is 4.99 Å². The summed E-state index contributed by atoms with van der Waals surface area (Å²) < 4.78 is 16.7. The second-order valence-electron chi connectivity index (χ2n) is 8.85. The SMILES string of the molecule is CC(C)(C)OC(=O)N1CCN2C(NCCCOCC3CCOCC3)=NCC2C1. The first-order valence-corrected chi connectivity index (χ1v) is 10.6. The van der Waals surface area contributed by atoms with Crippen molar-refractivity contribution in [1.29, 1.82) is 0 Å². The molecule has 1 unspecified atom stereocenters. The molecule has 1 amide bonds. The largest absolute Gasteiger partial charge is 0.444 e. The quantitative estimate of drug-likeness (QED) is 0.689. The van der Waals surface area contributed by atoms with Crippen LogP contribution in [0.1, 0.15) is 40.0 Å². The summed E-state index contributed by atoms with van der Waals surface area (Å²) in [4.78, 5) is 21.0. The van der Waals surface area contributed by atoms with E-state index in [9.17, 15) is 4.79 Å². The highest BCUT2D eigenvalue weighted by molar-refractivity contribution is 5.82. The van der Waals surface area contributed by atoms with E-state index in [1.807, 2.05) is 20.8 Å². The standard InChI is InChI=1S/C20H36N4O4/c1-20(2,3)28-19(25)23-8-9-24-17(14-23)13-22-18(24)21-7-4-10-27-15-16-5-11-26-12-6-16/h16-17H,4-15H2,1-3H3,(H,21,22). The Morgan fingerprint density at radius 1 is 1.29 bits per heavy atom. The number of piperazine rings is 1. The average Bonchev–Trinajstić information content (AvgIpc) is 3.06. The molecule has 3 aliphatic rings. The molecule has 3 heterocycles. The van der Waals surface area contributed by atoms with E-state index in [0.717, 1.165) is 71.3 Å². The van der Waals surface area contributed by atoms with Gasteiger partial charge in [0, 0.05) is 52.6 Å². The van der Waals surface area contributed by atoms with Crippen molar-refractivity contribution in [2.45, 2.75) is 51.7 Å². The molecule has 8 nitrogen and oxygen atoms in total. The number of amides is 1. The number of carbonyl (C=O) groups is 1. The second-order valence-corrected chi connectivity index (χ2v) is 8.85. The first-order chi connectivity index (χ1) is 13.4. The van der Waals surface area contributed by atoms with Gasteiger partial charge in [0.15, 0.2) is 5.96 Å². The smallest absolute Gasteiger partial charge is 0.410 e. The zero-order valence-electron chi connectivity index (χ0n) is 17.6. The minimum absolute atomic E-state index is 0.227. The maximum atomic E-state index is 12.3. The minimum atomic E-state index is -0.458. The third-order valence-electron chi connectivity index (χ3n) is 5.30. The van der Waals surface area contributed by atoms with E-state index < -0.39 is 5.60 Å². The molecule has 1 N–H and O–H groups in total. The number of rotatable bonds is 6. The molecule has 8 heteroatoms. The lowest BCUT2D eigenvalue weighted by atomic mass is 10.0. The number of nitrogens with one attached hydrogen (secondary N) is 1. The minimum Gasteiger partial charge on any atom is -0.444 e. The maximum Gasteiger partial charge on any atom is 0.410 e. The van der Waals surface area contributed by atoms with Gasteiger partial charge in [0.05, 0.1) is 12.6 Å². The molecule has 0 spiro atoms. The van der Waals surface area contributed by atoms with Gasteiger partial charge in [-0.1, -0.05) is 0 Å². The summed E-state index contributed by atoms with van der Waals surface area (Å²) in [7, 11) is 0. The van der Waals surface area contributed by atoms with E-state index in [2.05, 4.69) is 15.2 Å². The van der Waals surface area contributed by atoms with Crippen molar-refractivity contribution >= 4 is 12.1 Å². The van der Waals surface area contributed by atoms with Gasteiger partial charge in [-0.2, -0.15) is 0 Å². The maximum absolute atomic E-state index is 12.3. The number of hydrogen-bond donors (Lipinski definition) is 1. The predicted octanol–water partition coefficient (Wildman–Crippen LogP) is 1.70. The molecule has 0 aromatic heterocycles. The van der Waals surface area contributed by atoms with Gasteiger partial charge in [0.1, 0.15) is 5.60 Å². The molecule has 0 aromatic carbocycles. The van der Waals surface area contributed by atoms with Crippen LogP contribution in [-0.2, 0) is 14.2 Å². The normalized spacial score (nSPS) is 23.4. The van der Waals surface area contributed by atoms with Crippen molar-refractivity contribution in [3.05, 3.63) is 0 Å². The third-order valence-corrected chi connectivity index (χ3v) is 5.30. The fraction of sp³-hybridized carbons (Fsp3) is 0.900. The Bertz CT molecular complexity index is 543. The van der Waals surface area contributed by atoms with Crippen LogP contribution in [0.3, 0.4) is 0 Å². The highest BCUT2D eigenvalue weighted by Gasteiger charge is 2.36. The number of nitrogens with zero attached hydrogens (tertiary/aromatic N) is 3. The molecule has 160 valence electrons. The summed E-state index contributed by atoms with van der Waals surface area (Å²) in [5.74, 6) is 1.61. The van der Waals surface area contributed by atoms with Crippen molar-refractivity contribution in [2.75, 3.05) is 59.2 Å². The van der Waals surface area contributed by atoms with Crippen molar-refractivity contribution in [3.63, 3.8) is 0 Å². The van der Waals surface area contributed by atoms with Crippen LogP contribution in [-0.4, -0.2) is 92.6 Å². The molecule has 0 saturated carbocycles. The van der Waals surface area contributed by atoms with Crippen LogP contribution in [0.15, 0.2) is 4.99 Å². The van der Waals surface area contributed by atoms with Gasteiger partial charge in [-0.25, -0.2) is 4.79 Å². The van der Waals surface area contributed by atoms with Gasteiger partial charge >= 0.3 is 6.09 Å². The Kier molecular flexibility index (Phi) is 7.40. The molecule has 3 aliphatic heterocycles. The summed E-state index contributed by atoms with van der Waals surface area (Å²) in [6.45, 7) is 12.8. The van der Waals surface area contributed by atoms with Crippen LogP contribution in [0.2, 0.25) is 0 Å². The number of aliphatic imine (C=N–C) groups is 1. The molecular formula is C20H36N4O4. The monoisotopic (exact) mass is 396 g/mol. The first kappa shape index (κ1) is 21.2. The lowest BCUT2D eigenvalue weighted by Crippen LogP contribution is -2.57. The van der Waals surface area contributed by atoms with E-state index in [-0.39, 0.29) is 12.1 Å². The van der Waals surface area contributed by atoms with E-state index in [4.69, 9.17) is 14.2 Å². The number of ether oxygens (including phenoxy) is 3. The van der Waals surface area contributed by atoms with Gasteiger partial charge < -0.3 is 29.3 Å². The van der Waals surface area contributed by atoms with Crippen LogP contribution < -0.4 is 5.32 Å². The summed E-state index contributed by atoms with van der Waals surface area (Å²) in [6.07, 6.45) is 2.97. The van der Waals surface area contributed by atoms with Crippen LogP contribution in [0, 0.1) is 5.92 Å². The second kappa shape index (κ2) is 9.78. The van der Waals surface area contributed by atoms with Crippen LogP contribution >= 0.6 is 0 Å². The Hall–Kier alpha value is -1.54. The fourth-order valence-electron chi connectivity index (χ4n) is 3.76. The first-order valence-electron chi connectivity index (χ1n) is 10.6. The number of carbonyl (C=O) groups excluding carboxylic acids is 1. The van der Waals surface area contributed by atoms with Crippen molar-refractivity contribution < 1.29 is 19.0 Å².